The first-order valence-electron chi connectivity index (χ1n) is 10.1. The van der Waals surface area contributed by atoms with E-state index in [-0.39, 0.29) is 16.3 Å². The number of halogens is 3. The van der Waals surface area contributed by atoms with E-state index in [1.54, 1.807) is 29.1 Å². The summed E-state index contributed by atoms with van der Waals surface area (Å²) in [5.41, 5.74) is 0.962. The second-order valence-electron chi connectivity index (χ2n) is 7.49. The Labute approximate surface area is 198 Å². The molecule has 2 heterocycles. The number of methoxy groups -OCH3 is 1. The molecule has 0 amide bonds. The average Bonchev–Trinajstić information content (AvgIpc) is 3.22. The van der Waals surface area contributed by atoms with Crippen LogP contribution in [0.5, 0.6) is 17.2 Å². The Morgan fingerprint density at radius 1 is 1.09 bits per heavy atom. The topological polar surface area (TPSA) is 78.5 Å². The Bertz CT molecular complexity index is 1380. The lowest BCUT2D eigenvalue weighted by molar-refractivity contribution is 0.245. The van der Waals surface area contributed by atoms with Crippen LogP contribution in [0.4, 0.5) is 8.78 Å². The highest BCUT2D eigenvalue weighted by atomic mass is 35.5. The van der Waals surface area contributed by atoms with E-state index in [1.165, 1.54) is 19.4 Å². The van der Waals surface area contributed by atoms with Crippen molar-refractivity contribution < 1.29 is 23.4 Å². The molecule has 0 aliphatic carbocycles. The standard InChI is InChI=1S/C24H20ClF2N3O4/c1-14-10-29(13-28-14)20-4-3-19(9-22(20)33-2)34-23-7-16(25)11-30(24(23)32)21(12-31)15-5-17(26)8-18(27)6-15/h3-11,13,21,31H,12H2,1-2H3/t21-/m0/s1. The predicted molar refractivity (Wildman–Crippen MR) is 122 cm³/mol. The molecule has 176 valence electrons. The van der Waals surface area contributed by atoms with Crippen LogP contribution in [0, 0.1) is 18.6 Å². The number of hydrogen-bond acceptors (Lipinski definition) is 5. The number of imidazole rings is 1. The van der Waals surface area contributed by atoms with Crippen molar-refractivity contribution in [2.45, 2.75) is 13.0 Å². The zero-order valence-electron chi connectivity index (χ0n) is 18.2. The van der Waals surface area contributed by atoms with Crippen molar-refractivity contribution in [3.05, 3.63) is 99.5 Å². The summed E-state index contributed by atoms with van der Waals surface area (Å²) < 4.78 is 41.6. The minimum Gasteiger partial charge on any atom is -0.494 e. The maximum absolute atomic E-state index is 13.7. The molecule has 0 radical (unpaired) electrons. The molecule has 4 rings (SSSR count). The molecule has 2 aromatic carbocycles. The van der Waals surface area contributed by atoms with Gasteiger partial charge in [-0.3, -0.25) is 4.79 Å². The van der Waals surface area contributed by atoms with Crippen LogP contribution in [0.15, 0.2) is 66.0 Å². The van der Waals surface area contributed by atoms with Gasteiger partial charge in [0.05, 0.1) is 42.5 Å². The molecule has 0 saturated heterocycles. The fourth-order valence-corrected chi connectivity index (χ4v) is 3.79. The first-order chi connectivity index (χ1) is 16.3. The lowest BCUT2D eigenvalue weighted by Crippen LogP contribution is -2.28. The van der Waals surface area contributed by atoms with E-state index in [2.05, 4.69) is 4.98 Å². The van der Waals surface area contributed by atoms with Gasteiger partial charge in [0.15, 0.2) is 5.75 Å². The molecule has 4 aromatic rings. The Morgan fingerprint density at radius 3 is 2.44 bits per heavy atom. The minimum absolute atomic E-state index is 0.0666. The van der Waals surface area contributed by atoms with Crippen LogP contribution in [0.1, 0.15) is 17.3 Å². The molecular formula is C24H20ClF2N3O4. The maximum atomic E-state index is 13.7. The zero-order valence-corrected chi connectivity index (χ0v) is 19.0. The van der Waals surface area contributed by atoms with Crippen molar-refractivity contribution in [3.63, 3.8) is 0 Å². The van der Waals surface area contributed by atoms with Crippen LogP contribution in [0.2, 0.25) is 5.02 Å². The number of benzene rings is 2. The van der Waals surface area contributed by atoms with Gasteiger partial charge in [0.2, 0.25) is 0 Å². The second kappa shape index (κ2) is 9.66. The van der Waals surface area contributed by atoms with Gasteiger partial charge in [0, 0.05) is 30.6 Å². The van der Waals surface area contributed by atoms with Gasteiger partial charge < -0.3 is 23.7 Å². The molecule has 0 spiro atoms. The SMILES string of the molecule is COc1cc(Oc2cc(Cl)cn([C@@H](CO)c3cc(F)cc(F)c3)c2=O)ccc1-n1cnc(C)c1. The van der Waals surface area contributed by atoms with Gasteiger partial charge in [-0.1, -0.05) is 11.6 Å². The van der Waals surface area contributed by atoms with Crippen molar-refractivity contribution in [3.8, 4) is 22.9 Å². The van der Waals surface area contributed by atoms with Gasteiger partial charge in [0.1, 0.15) is 23.1 Å². The van der Waals surface area contributed by atoms with E-state index >= 15 is 0 Å². The van der Waals surface area contributed by atoms with Crippen LogP contribution in [-0.2, 0) is 0 Å². The Balaban J connectivity index is 1.72. The van der Waals surface area contributed by atoms with Crippen molar-refractivity contribution in [1.29, 1.82) is 0 Å². The number of rotatable bonds is 7. The second-order valence-corrected chi connectivity index (χ2v) is 7.93. The number of aliphatic hydroxyl groups is 1. The monoisotopic (exact) mass is 487 g/mol. The number of hydrogen-bond donors (Lipinski definition) is 1. The van der Waals surface area contributed by atoms with E-state index in [0.29, 0.717) is 23.3 Å². The minimum atomic E-state index is -1.08. The fourth-order valence-electron chi connectivity index (χ4n) is 3.58. The first kappa shape index (κ1) is 23.5. The number of pyridine rings is 1. The van der Waals surface area contributed by atoms with Gasteiger partial charge in [-0.2, -0.15) is 0 Å². The summed E-state index contributed by atoms with van der Waals surface area (Å²) in [5.74, 6) is -1.04. The third kappa shape index (κ3) is 4.80. The molecule has 1 N–H and O–H groups in total. The number of aryl methyl sites for hydroxylation is 1. The lowest BCUT2D eigenvalue weighted by Gasteiger charge is -2.20. The highest BCUT2D eigenvalue weighted by Crippen LogP contribution is 2.31. The Kier molecular flexibility index (Phi) is 6.67. The molecule has 0 unspecified atom stereocenters. The zero-order chi connectivity index (χ0) is 24.4. The van der Waals surface area contributed by atoms with Crippen molar-refractivity contribution in [2.24, 2.45) is 0 Å². The maximum Gasteiger partial charge on any atom is 0.294 e. The quantitative estimate of drug-likeness (QED) is 0.410. The number of aliphatic hydroxyl groups excluding tert-OH is 1. The van der Waals surface area contributed by atoms with E-state index < -0.39 is 29.8 Å². The largest absolute Gasteiger partial charge is 0.494 e. The smallest absolute Gasteiger partial charge is 0.294 e. The molecule has 34 heavy (non-hydrogen) atoms. The molecule has 0 bridgehead atoms. The summed E-state index contributed by atoms with van der Waals surface area (Å²) in [4.78, 5) is 17.4. The Morgan fingerprint density at radius 2 is 1.82 bits per heavy atom. The van der Waals surface area contributed by atoms with Gasteiger partial charge in [0.25, 0.3) is 5.56 Å². The van der Waals surface area contributed by atoms with Crippen LogP contribution in [-0.4, -0.2) is 32.9 Å². The van der Waals surface area contributed by atoms with E-state index in [0.717, 1.165) is 22.4 Å². The highest BCUT2D eigenvalue weighted by molar-refractivity contribution is 6.30. The van der Waals surface area contributed by atoms with E-state index in [4.69, 9.17) is 21.1 Å². The number of aromatic nitrogens is 3. The number of nitrogens with zero attached hydrogens (tertiary/aromatic N) is 3. The summed E-state index contributed by atoms with van der Waals surface area (Å²) in [5, 5.41) is 10.0. The average molecular weight is 488 g/mol. The molecule has 0 fully saturated rings. The molecule has 10 heteroatoms. The van der Waals surface area contributed by atoms with Crippen LogP contribution >= 0.6 is 11.6 Å². The molecule has 0 saturated carbocycles. The molecule has 1 atom stereocenters. The van der Waals surface area contributed by atoms with Crippen molar-refractivity contribution in [1.82, 2.24) is 14.1 Å². The fraction of sp³-hybridized carbons (Fsp3) is 0.167. The summed E-state index contributed by atoms with van der Waals surface area (Å²) in [6.45, 7) is 1.26. The molecule has 0 aliphatic heterocycles. The third-order valence-electron chi connectivity index (χ3n) is 5.12. The van der Waals surface area contributed by atoms with Gasteiger partial charge in [-0.15, -0.1) is 0 Å². The van der Waals surface area contributed by atoms with Crippen LogP contribution in [0.25, 0.3) is 5.69 Å². The lowest BCUT2D eigenvalue weighted by atomic mass is 10.1. The normalized spacial score (nSPS) is 11.9. The first-order valence-corrected chi connectivity index (χ1v) is 10.5. The molecule has 2 aromatic heterocycles. The van der Waals surface area contributed by atoms with Gasteiger partial charge in [-0.05, 0) is 36.8 Å². The molecular weight excluding hydrogens is 468 g/mol. The summed E-state index contributed by atoms with van der Waals surface area (Å²) in [6, 6.07) is 8.00. The molecule has 7 nitrogen and oxygen atoms in total. The van der Waals surface area contributed by atoms with Gasteiger partial charge in [-0.25, -0.2) is 13.8 Å². The summed E-state index contributed by atoms with van der Waals surface area (Å²) in [7, 11) is 1.50. The molecule has 0 aliphatic rings. The van der Waals surface area contributed by atoms with Crippen LogP contribution in [0.3, 0.4) is 0 Å². The summed E-state index contributed by atoms with van der Waals surface area (Å²) >= 11 is 6.20. The van der Waals surface area contributed by atoms with Gasteiger partial charge >= 0.3 is 0 Å². The number of ether oxygens (including phenoxy) is 2. The highest BCUT2D eigenvalue weighted by Gasteiger charge is 2.20. The Hall–Kier alpha value is -3.69. The van der Waals surface area contributed by atoms with E-state index in [1.807, 2.05) is 13.1 Å². The predicted octanol–water partition coefficient (Wildman–Crippen LogP) is 4.66. The third-order valence-corrected chi connectivity index (χ3v) is 5.33. The van der Waals surface area contributed by atoms with Crippen LogP contribution < -0.4 is 15.0 Å². The summed E-state index contributed by atoms with van der Waals surface area (Å²) in [6.07, 6.45) is 4.75. The van der Waals surface area contributed by atoms with Crippen molar-refractivity contribution in [2.75, 3.05) is 13.7 Å². The van der Waals surface area contributed by atoms with E-state index in [9.17, 15) is 18.7 Å². The van der Waals surface area contributed by atoms with Crippen molar-refractivity contribution >= 4 is 11.6 Å².